The fourth-order valence-corrected chi connectivity index (χ4v) is 1.77. The zero-order chi connectivity index (χ0) is 15.4. The van der Waals surface area contributed by atoms with Gasteiger partial charge in [-0.1, -0.05) is 0 Å². The second-order valence-corrected chi connectivity index (χ2v) is 4.22. The summed E-state index contributed by atoms with van der Waals surface area (Å²) in [6.07, 6.45) is 0. The minimum atomic E-state index is -0.506. The molecule has 0 radical (unpaired) electrons. The summed E-state index contributed by atoms with van der Waals surface area (Å²) >= 11 is 0. The van der Waals surface area contributed by atoms with Crippen LogP contribution in [0.2, 0.25) is 0 Å². The van der Waals surface area contributed by atoms with Crippen molar-refractivity contribution >= 4 is 23.0 Å². The van der Waals surface area contributed by atoms with Crippen LogP contribution in [0, 0.1) is 17.1 Å². The minimum absolute atomic E-state index is 0.137. The van der Waals surface area contributed by atoms with E-state index in [1.165, 1.54) is 31.4 Å². The third-order valence-corrected chi connectivity index (χ3v) is 2.85. The molecule has 0 amide bonds. The quantitative estimate of drug-likeness (QED) is 0.668. The first-order valence-corrected chi connectivity index (χ1v) is 5.99. The van der Waals surface area contributed by atoms with Gasteiger partial charge in [0.05, 0.1) is 35.3 Å². The smallest absolute Gasteiger partial charge is 0.337 e. The molecule has 106 valence electrons. The fraction of sp³-hybridized carbons (Fsp3) is 0.0667. The normalized spacial score (nSPS) is 9.76. The van der Waals surface area contributed by atoms with Crippen LogP contribution in [-0.2, 0) is 4.74 Å². The maximum atomic E-state index is 13.1. The zero-order valence-electron chi connectivity index (χ0n) is 11.2. The fourth-order valence-electron chi connectivity index (χ4n) is 1.77. The van der Waals surface area contributed by atoms with E-state index < -0.39 is 11.8 Å². The van der Waals surface area contributed by atoms with Gasteiger partial charge in [0, 0.05) is 0 Å². The van der Waals surface area contributed by atoms with Gasteiger partial charge >= 0.3 is 5.97 Å². The Hall–Kier alpha value is -3.07. The summed E-state index contributed by atoms with van der Waals surface area (Å²) in [7, 11) is 1.28. The van der Waals surface area contributed by atoms with Crippen molar-refractivity contribution in [3.8, 4) is 6.07 Å². The molecule has 21 heavy (non-hydrogen) atoms. The summed E-state index contributed by atoms with van der Waals surface area (Å²) in [5.74, 6) is -1.01. The molecule has 2 aromatic carbocycles. The number of carbonyl (C=O) groups excluding carboxylic acids is 1. The van der Waals surface area contributed by atoms with Crippen LogP contribution >= 0.6 is 0 Å². The standard InChI is InChI=1S/C15H12FN3O2/c1-21-15(20)9-2-4-12(18)14(7-9)19-13-5-3-11(16)6-10(13)8-17/h2-7,19H,18H2,1H3. The number of benzene rings is 2. The number of halogens is 1. The number of carbonyl (C=O) groups is 1. The number of nitrogens with one attached hydrogen (secondary N) is 1. The van der Waals surface area contributed by atoms with Crippen molar-refractivity contribution in [3.05, 3.63) is 53.3 Å². The molecule has 0 saturated heterocycles. The number of nitriles is 1. The van der Waals surface area contributed by atoms with E-state index in [0.717, 1.165) is 6.07 Å². The van der Waals surface area contributed by atoms with E-state index in [1.54, 1.807) is 6.07 Å². The van der Waals surface area contributed by atoms with Gasteiger partial charge in [-0.05, 0) is 36.4 Å². The first kappa shape index (κ1) is 14.3. The summed E-state index contributed by atoms with van der Waals surface area (Å²) in [5.41, 5.74) is 7.49. The van der Waals surface area contributed by atoms with Gasteiger partial charge in [0.2, 0.25) is 0 Å². The lowest BCUT2D eigenvalue weighted by atomic mass is 10.1. The Balaban J connectivity index is 2.40. The monoisotopic (exact) mass is 285 g/mol. The van der Waals surface area contributed by atoms with Gasteiger partial charge in [-0.15, -0.1) is 0 Å². The minimum Gasteiger partial charge on any atom is -0.465 e. The molecule has 2 rings (SSSR count). The molecule has 0 aliphatic carbocycles. The van der Waals surface area contributed by atoms with Crippen molar-refractivity contribution in [2.45, 2.75) is 0 Å². The van der Waals surface area contributed by atoms with Gasteiger partial charge in [0.15, 0.2) is 0 Å². The third kappa shape index (κ3) is 3.09. The number of ether oxygens (including phenoxy) is 1. The van der Waals surface area contributed by atoms with Gasteiger partial charge < -0.3 is 15.8 Å². The second-order valence-electron chi connectivity index (χ2n) is 4.22. The molecule has 0 bridgehead atoms. The molecule has 0 saturated carbocycles. The Bertz CT molecular complexity index is 738. The third-order valence-electron chi connectivity index (χ3n) is 2.85. The van der Waals surface area contributed by atoms with Gasteiger partial charge in [0.25, 0.3) is 0 Å². The molecule has 0 fully saturated rings. The number of nitrogens with two attached hydrogens (primary N) is 1. The number of hydrogen-bond acceptors (Lipinski definition) is 5. The molecule has 0 heterocycles. The molecule has 5 nitrogen and oxygen atoms in total. The lowest BCUT2D eigenvalue weighted by Crippen LogP contribution is -2.04. The molecule has 6 heteroatoms. The predicted octanol–water partition coefficient (Wildman–Crippen LogP) is 2.81. The lowest BCUT2D eigenvalue weighted by Gasteiger charge is -2.12. The summed E-state index contributed by atoms with van der Waals surface area (Å²) < 4.78 is 17.7. The SMILES string of the molecule is COC(=O)c1ccc(N)c(Nc2ccc(F)cc2C#N)c1. The Labute approximate surface area is 120 Å². The van der Waals surface area contributed by atoms with Gasteiger partial charge in [-0.3, -0.25) is 0 Å². The van der Waals surface area contributed by atoms with Crippen molar-refractivity contribution in [2.24, 2.45) is 0 Å². The van der Waals surface area contributed by atoms with E-state index in [-0.39, 0.29) is 5.56 Å². The zero-order valence-corrected chi connectivity index (χ0v) is 11.2. The average molecular weight is 285 g/mol. The lowest BCUT2D eigenvalue weighted by molar-refractivity contribution is 0.0601. The van der Waals surface area contributed by atoms with Crippen LogP contribution in [0.25, 0.3) is 0 Å². The summed E-state index contributed by atoms with van der Waals surface area (Å²) in [5, 5.41) is 11.9. The highest BCUT2D eigenvalue weighted by Gasteiger charge is 2.10. The van der Waals surface area contributed by atoms with Crippen LogP contribution in [0.4, 0.5) is 21.5 Å². The summed E-state index contributed by atoms with van der Waals surface area (Å²) in [6.45, 7) is 0. The van der Waals surface area contributed by atoms with Crippen LogP contribution in [0.15, 0.2) is 36.4 Å². The molecule has 2 aromatic rings. The predicted molar refractivity (Wildman–Crippen MR) is 76.6 cm³/mol. The van der Waals surface area contributed by atoms with E-state index >= 15 is 0 Å². The molecule has 3 N–H and O–H groups in total. The van der Waals surface area contributed by atoms with Gasteiger partial charge in [-0.2, -0.15) is 5.26 Å². The largest absolute Gasteiger partial charge is 0.465 e. The van der Waals surface area contributed by atoms with Crippen molar-refractivity contribution in [2.75, 3.05) is 18.2 Å². The van der Waals surface area contributed by atoms with Crippen molar-refractivity contribution in [1.29, 1.82) is 5.26 Å². The molecule has 0 atom stereocenters. The van der Waals surface area contributed by atoms with Gasteiger partial charge in [-0.25, -0.2) is 9.18 Å². The van der Waals surface area contributed by atoms with Crippen LogP contribution in [-0.4, -0.2) is 13.1 Å². The average Bonchev–Trinajstić information content (AvgIpc) is 2.50. The number of anilines is 3. The molecular weight excluding hydrogens is 273 g/mol. The Morgan fingerprint density at radius 3 is 2.71 bits per heavy atom. The van der Waals surface area contributed by atoms with Crippen molar-refractivity contribution < 1.29 is 13.9 Å². The topological polar surface area (TPSA) is 88.1 Å². The molecular formula is C15H12FN3O2. The van der Waals surface area contributed by atoms with Crippen LogP contribution in [0.5, 0.6) is 0 Å². The highest BCUT2D eigenvalue weighted by atomic mass is 19.1. The van der Waals surface area contributed by atoms with E-state index in [0.29, 0.717) is 22.6 Å². The molecule has 0 aliphatic rings. The Morgan fingerprint density at radius 1 is 1.29 bits per heavy atom. The first-order chi connectivity index (χ1) is 10.0. The van der Waals surface area contributed by atoms with Crippen molar-refractivity contribution in [1.82, 2.24) is 0 Å². The number of nitrogens with zero attached hydrogens (tertiary/aromatic N) is 1. The second kappa shape index (κ2) is 5.92. The number of rotatable bonds is 3. The number of nitrogen functional groups attached to an aromatic ring is 1. The molecule has 0 aromatic heterocycles. The number of esters is 1. The van der Waals surface area contributed by atoms with E-state index in [1.807, 2.05) is 6.07 Å². The highest BCUT2D eigenvalue weighted by molar-refractivity contribution is 5.92. The maximum absolute atomic E-state index is 13.1. The van der Waals surface area contributed by atoms with E-state index in [9.17, 15) is 9.18 Å². The summed E-state index contributed by atoms with van der Waals surface area (Å²) in [6, 6.07) is 10.2. The van der Waals surface area contributed by atoms with E-state index in [4.69, 9.17) is 11.0 Å². The van der Waals surface area contributed by atoms with Crippen LogP contribution in [0.3, 0.4) is 0 Å². The van der Waals surface area contributed by atoms with Crippen molar-refractivity contribution in [3.63, 3.8) is 0 Å². The first-order valence-electron chi connectivity index (χ1n) is 5.99. The summed E-state index contributed by atoms with van der Waals surface area (Å²) in [4.78, 5) is 11.5. The number of hydrogen-bond donors (Lipinski definition) is 2. The molecule has 0 unspecified atom stereocenters. The Morgan fingerprint density at radius 2 is 2.05 bits per heavy atom. The van der Waals surface area contributed by atoms with Crippen LogP contribution in [0.1, 0.15) is 15.9 Å². The molecule has 0 spiro atoms. The maximum Gasteiger partial charge on any atom is 0.337 e. The molecule has 0 aliphatic heterocycles. The van der Waals surface area contributed by atoms with Crippen LogP contribution < -0.4 is 11.1 Å². The number of methoxy groups -OCH3 is 1. The Kier molecular flexibility index (Phi) is 4.05. The van der Waals surface area contributed by atoms with Gasteiger partial charge in [0.1, 0.15) is 11.9 Å². The highest BCUT2D eigenvalue weighted by Crippen LogP contribution is 2.27. The van der Waals surface area contributed by atoms with E-state index in [2.05, 4.69) is 10.1 Å².